The number of hydrogen-bond acceptors (Lipinski definition) is 3. The van der Waals surface area contributed by atoms with Crippen LogP contribution in [0.2, 0.25) is 0 Å². The zero-order valence-corrected chi connectivity index (χ0v) is 11.8. The monoisotopic (exact) mass is 261 g/mol. The molecule has 0 saturated carbocycles. The Balaban J connectivity index is 1.80. The van der Waals surface area contributed by atoms with Crippen LogP contribution >= 0.6 is 0 Å². The topological polar surface area (TPSA) is 44.4 Å². The molecule has 4 heteroatoms. The molecule has 0 spiro atoms. The van der Waals surface area contributed by atoms with Crippen molar-refractivity contribution in [2.24, 2.45) is 0 Å². The maximum atomic E-state index is 11.9. The van der Waals surface area contributed by atoms with E-state index in [2.05, 4.69) is 34.6 Å². The summed E-state index contributed by atoms with van der Waals surface area (Å²) >= 11 is 0. The second kappa shape index (κ2) is 6.68. The third-order valence-electron chi connectivity index (χ3n) is 3.55. The van der Waals surface area contributed by atoms with E-state index in [0.717, 1.165) is 31.6 Å². The van der Waals surface area contributed by atoms with Crippen LogP contribution in [-0.2, 0) is 11.2 Å². The van der Waals surface area contributed by atoms with Gasteiger partial charge in [-0.2, -0.15) is 0 Å². The fourth-order valence-corrected chi connectivity index (χ4v) is 2.18. The summed E-state index contributed by atoms with van der Waals surface area (Å²) in [5, 5.41) is 6.15. The molecule has 0 bridgehead atoms. The number of likely N-dealkylation sites (N-methyl/N-ethyl adjacent to an activating group) is 1. The maximum absolute atomic E-state index is 11.9. The summed E-state index contributed by atoms with van der Waals surface area (Å²) in [4.78, 5) is 14.0. The molecule has 1 amide bonds. The van der Waals surface area contributed by atoms with Crippen LogP contribution in [0.15, 0.2) is 24.3 Å². The zero-order valence-electron chi connectivity index (χ0n) is 11.8. The lowest BCUT2D eigenvalue weighted by Gasteiger charge is -2.35. The van der Waals surface area contributed by atoms with Crippen molar-refractivity contribution >= 4 is 11.6 Å². The highest BCUT2D eigenvalue weighted by Crippen LogP contribution is 2.11. The van der Waals surface area contributed by atoms with Gasteiger partial charge in [0.15, 0.2) is 0 Å². The van der Waals surface area contributed by atoms with Gasteiger partial charge in [-0.05, 0) is 31.2 Å². The van der Waals surface area contributed by atoms with E-state index < -0.39 is 0 Å². The largest absolute Gasteiger partial charge is 0.325 e. The van der Waals surface area contributed by atoms with Gasteiger partial charge in [0.05, 0.1) is 6.54 Å². The number of nitrogens with zero attached hydrogens (tertiary/aromatic N) is 1. The molecule has 1 aromatic rings. The number of aryl methyl sites for hydroxylation is 1. The normalized spacial score (nSPS) is 15.3. The number of nitrogens with one attached hydrogen (secondary N) is 2. The average Bonchev–Trinajstić information content (AvgIpc) is 2.29. The molecule has 0 unspecified atom stereocenters. The van der Waals surface area contributed by atoms with Gasteiger partial charge >= 0.3 is 0 Å². The second-order valence-corrected chi connectivity index (χ2v) is 5.22. The summed E-state index contributed by atoms with van der Waals surface area (Å²) in [7, 11) is 2.00. The van der Waals surface area contributed by atoms with Gasteiger partial charge in [0, 0.05) is 24.8 Å². The lowest BCUT2D eigenvalue weighted by Crippen LogP contribution is -2.57. The Morgan fingerprint density at radius 3 is 2.58 bits per heavy atom. The first kappa shape index (κ1) is 14.0. The van der Waals surface area contributed by atoms with Gasteiger partial charge in [-0.1, -0.05) is 25.5 Å². The van der Waals surface area contributed by atoms with E-state index >= 15 is 0 Å². The first-order valence-electron chi connectivity index (χ1n) is 6.98. The second-order valence-electron chi connectivity index (χ2n) is 5.22. The van der Waals surface area contributed by atoms with Gasteiger partial charge in [0.2, 0.25) is 5.91 Å². The Labute approximate surface area is 115 Å². The highest BCUT2D eigenvalue weighted by molar-refractivity contribution is 5.92. The van der Waals surface area contributed by atoms with Crippen LogP contribution in [-0.4, -0.2) is 43.5 Å². The van der Waals surface area contributed by atoms with Crippen LogP contribution in [0.4, 0.5) is 5.69 Å². The van der Waals surface area contributed by atoms with Crippen molar-refractivity contribution < 1.29 is 4.79 Å². The van der Waals surface area contributed by atoms with Crippen LogP contribution in [0.25, 0.3) is 0 Å². The average molecular weight is 261 g/mol. The minimum absolute atomic E-state index is 0.0534. The fraction of sp³-hybridized carbons (Fsp3) is 0.533. The number of hydrogen-bond donors (Lipinski definition) is 2. The Morgan fingerprint density at radius 1 is 1.37 bits per heavy atom. The Bertz CT molecular complexity index is 412. The van der Waals surface area contributed by atoms with Crippen molar-refractivity contribution in [3.63, 3.8) is 0 Å². The number of carbonyl (C=O) groups is 1. The Kier molecular flexibility index (Phi) is 4.93. The number of anilines is 1. The molecule has 1 saturated heterocycles. The fourth-order valence-electron chi connectivity index (χ4n) is 2.18. The lowest BCUT2D eigenvalue weighted by molar-refractivity contribution is -0.117. The first-order valence-corrected chi connectivity index (χ1v) is 6.98. The van der Waals surface area contributed by atoms with Crippen LogP contribution in [0.3, 0.4) is 0 Å². The SMILES string of the molecule is CCCc1ccc(NC(=O)CN(C)C2CNC2)cc1. The summed E-state index contributed by atoms with van der Waals surface area (Å²) in [6, 6.07) is 8.62. The highest BCUT2D eigenvalue weighted by Gasteiger charge is 2.22. The molecule has 0 atom stereocenters. The van der Waals surface area contributed by atoms with Crippen molar-refractivity contribution in [3.8, 4) is 0 Å². The molecule has 104 valence electrons. The number of benzene rings is 1. The summed E-state index contributed by atoms with van der Waals surface area (Å²) < 4.78 is 0. The first-order chi connectivity index (χ1) is 9.19. The molecule has 1 aromatic carbocycles. The van der Waals surface area contributed by atoms with Crippen LogP contribution < -0.4 is 10.6 Å². The molecule has 0 radical (unpaired) electrons. The maximum Gasteiger partial charge on any atom is 0.238 e. The van der Waals surface area contributed by atoms with E-state index in [1.54, 1.807) is 0 Å². The molecule has 4 nitrogen and oxygen atoms in total. The summed E-state index contributed by atoms with van der Waals surface area (Å²) in [5.41, 5.74) is 2.20. The molecule has 2 N–H and O–H groups in total. The standard InChI is InChI=1S/C15H23N3O/c1-3-4-12-5-7-13(8-6-12)17-15(19)11-18(2)14-9-16-10-14/h5-8,14,16H,3-4,9-11H2,1-2H3,(H,17,19). The molecule has 19 heavy (non-hydrogen) atoms. The minimum Gasteiger partial charge on any atom is -0.325 e. The predicted octanol–water partition coefficient (Wildman–Crippen LogP) is 1.48. The molecule has 1 heterocycles. The molecule has 0 aromatic heterocycles. The van der Waals surface area contributed by atoms with Crippen molar-refractivity contribution in [2.45, 2.75) is 25.8 Å². The molecular weight excluding hydrogens is 238 g/mol. The number of rotatable bonds is 6. The van der Waals surface area contributed by atoms with Crippen LogP contribution in [0, 0.1) is 0 Å². The van der Waals surface area contributed by atoms with Gasteiger partial charge in [-0.3, -0.25) is 9.69 Å². The van der Waals surface area contributed by atoms with Crippen LogP contribution in [0.5, 0.6) is 0 Å². The minimum atomic E-state index is 0.0534. The molecule has 1 aliphatic rings. The van der Waals surface area contributed by atoms with Crippen molar-refractivity contribution in [1.82, 2.24) is 10.2 Å². The third-order valence-corrected chi connectivity index (χ3v) is 3.55. The molecule has 1 aliphatic heterocycles. The Hall–Kier alpha value is -1.39. The molecule has 0 aliphatic carbocycles. The van der Waals surface area contributed by atoms with Gasteiger partial charge in [0.1, 0.15) is 0 Å². The van der Waals surface area contributed by atoms with E-state index in [9.17, 15) is 4.79 Å². The Morgan fingerprint density at radius 2 is 2.05 bits per heavy atom. The third kappa shape index (κ3) is 4.04. The smallest absolute Gasteiger partial charge is 0.238 e. The van der Waals surface area contributed by atoms with E-state index in [0.29, 0.717) is 12.6 Å². The van der Waals surface area contributed by atoms with Crippen LogP contribution in [0.1, 0.15) is 18.9 Å². The van der Waals surface area contributed by atoms with Crippen molar-refractivity contribution in [2.75, 3.05) is 32.0 Å². The van der Waals surface area contributed by atoms with E-state index in [1.165, 1.54) is 5.56 Å². The predicted molar refractivity (Wildman–Crippen MR) is 78.4 cm³/mol. The molecule has 1 fully saturated rings. The summed E-state index contributed by atoms with van der Waals surface area (Å²) in [5.74, 6) is 0.0534. The zero-order chi connectivity index (χ0) is 13.7. The van der Waals surface area contributed by atoms with Gasteiger partial charge < -0.3 is 10.6 Å². The molecule has 2 rings (SSSR count). The van der Waals surface area contributed by atoms with Crippen molar-refractivity contribution in [1.29, 1.82) is 0 Å². The van der Waals surface area contributed by atoms with Gasteiger partial charge in [0.25, 0.3) is 0 Å². The van der Waals surface area contributed by atoms with E-state index in [4.69, 9.17) is 0 Å². The van der Waals surface area contributed by atoms with E-state index in [1.807, 2.05) is 19.2 Å². The van der Waals surface area contributed by atoms with Crippen molar-refractivity contribution in [3.05, 3.63) is 29.8 Å². The summed E-state index contributed by atoms with van der Waals surface area (Å²) in [6.07, 6.45) is 2.23. The number of carbonyl (C=O) groups excluding carboxylic acids is 1. The van der Waals surface area contributed by atoms with Gasteiger partial charge in [-0.25, -0.2) is 0 Å². The quantitative estimate of drug-likeness (QED) is 0.815. The lowest BCUT2D eigenvalue weighted by atomic mass is 10.1. The molecular formula is C15H23N3O. The summed E-state index contributed by atoms with van der Waals surface area (Å²) in [6.45, 7) is 4.58. The van der Waals surface area contributed by atoms with E-state index in [-0.39, 0.29) is 5.91 Å². The number of amides is 1. The highest BCUT2D eigenvalue weighted by atomic mass is 16.2. The van der Waals surface area contributed by atoms with Gasteiger partial charge in [-0.15, -0.1) is 0 Å².